The van der Waals surface area contributed by atoms with Crippen molar-refractivity contribution in [2.75, 3.05) is 18.8 Å². The molecule has 2 N–H and O–H groups in total. The van der Waals surface area contributed by atoms with E-state index in [0.717, 1.165) is 47.4 Å². The number of nitrogens with one attached hydrogen (secondary N) is 2. The summed E-state index contributed by atoms with van der Waals surface area (Å²) >= 11 is 1.73. The maximum absolute atomic E-state index is 12.9. The molecule has 0 aliphatic carbocycles. The molecule has 0 amide bonds. The van der Waals surface area contributed by atoms with E-state index in [1.54, 1.807) is 22.8 Å². The lowest BCUT2D eigenvalue weighted by molar-refractivity contribution is 0.626. The standard InChI is InChI=1S/C21H25FN6S/c1-2-24-21(25-12-3-13-29-20-10-6-18(22)7-11-20)26-14-17-4-8-19(9-5-17)28-16-23-15-27-28/h4-11,15-16H,2-3,12-14H2,1H3,(H2,24,25,26). The van der Waals surface area contributed by atoms with Crippen LogP contribution in [0, 0.1) is 5.82 Å². The number of hydrogen-bond acceptors (Lipinski definition) is 4. The molecule has 0 saturated heterocycles. The molecule has 0 unspecified atom stereocenters. The number of halogens is 1. The molecule has 0 atom stereocenters. The van der Waals surface area contributed by atoms with Crippen molar-refractivity contribution in [3.63, 3.8) is 0 Å². The summed E-state index contributed by atoms with van der Waals surface area (Å²) in [7, 11) is 0. The molecule has 0 saturated carbocycles. The Morgan fingerprint density at radius 1 is 1.10 bits per heavy atom. The van der Waals surface area contributed by atoms with Crippen LogP contribution in [0.4, 0.5) is 4.39 Å². The second-order valence-electron chi connectivity index (χ2n) is 6.28. The third-order valence-electron chi connectivity index (χ3n) is 4.08. The number of thioether (sulfide) groups is 1. The van der Waals surface area contributed by atoms with Gasteiger partial charge in [0.2, 0.25) is 0 Å². The first-order valence-electron chi connectivity index (χ1n) is 9.59. The fourth-order valence-electron chi connectivity index (χ4n) is 2.61. The third-order valence-corrected chi connectivity index (χ3v) is 5.18. The van der Waals surface area contributed by atoms with Gasteiger partial charge in [0, 0.05) is 18.0 Å². The molecule has 0 bridgehead atoms. The molecule has 1 aromatic heterocycles. The van der Waals surface area contributed by atoms with Gasteiger partial charge in [0.1, 0.15) is 18.5 Å². The van der Waals surface area contributed by atoms with E-state index in [9.17, 15) is 4.39 Å². The maximum atomic E-state index is 12.9. The van der Waals surface area contributed by atoms with Crippen molar-refractivity contribution in [3.05, 3.63) is 72.6 Å². The fourth-order valence-corrected chi connectivity index (χ4v) is 3.46. The van der Waals surface area contributed by atoms with Gasteiger partial charge in [0.25, 0.3) is 0 Å². The predicted molar refractivity (Wildman–Crippen MR) is 116 cm³/mol. The Kier molecular flexibility index (Phi) is 8.06. The first-order chi connectivity index (χ1) is 14.2. The highest BCUT2D eigenvalue weighted by atomic mass is 32.2. The summed E-state index contributed by atoms with van der Waals surface area (Å²) in [5, 5.41) is 10.8. The van der Waals surface area contributed by atoms with Crippen LogP contribution in [-0.2, 0) is 6.54 Å². The summed E-state index contributed by atoms with van der Waals surface area (Å²) in [5.41, 5.74) is 2.09. The zero-order valence-electron chi connectivity index (χ0n) is 16.4. The summed E-state index contributed by atoms with van der Waals surface area (Å²) in [4.78, 5) is 9.70. The highest BCUT2D eigenvalue weighted by Gasteiger charge is 2.00. The number of aliphatic imine (C=N–C) groups is 1. The minimum atomic E-state index is -0.199. The zero-order chi connectivity index (χ0) is 20.3. The first-order valence-corrected chi connectivity index (χ1v) is 10.6. The molecular weight excluding hydrogens is 387 g/mol. The fraction of sp³-hybridized carbons (Fsp3) is 0.286. The Hall–Kier alpha value is -2.87. The number of nitrogens with zero attached hydrogens (tertiary/aromatic N) is 4. The van der Waals surface area contributed by atoms with Crippen molar-refractivity contribution in [1.29, 1.82) is 0 Å². The summed E-state index contributed by atoms with van der Waals surface area (Å²) < 4.78 is 14.6. The average molecular weight is 413 g/mol. The number of hydrogen-bond donors (Lipinski definition) is 2. The summed E-state index contributed by atoms with van der Waals surface area (Å²) in [5.74, 6) is 1.57. The number of guanidine groups is 1. The zero-order valence-corrected chi connectivity index (χ0v) is 17.2. The average Bonchev–Trinajstić information content (AvgIpc) is 3.28. The predicted octanol–water partition coefficient (Wildman–Crippen LogP) is 3.64. The van der Waals surface area contributed by atoms with Crippen LogP contribution >= 0.6 is 11.8 Å². The summed E-state index contributed by atoms with van der Waals surface area (Å²) in [6.45, 7) is 4.28. The molecule has 29 heavy (non-hydrogen) atoms. The van der Waals surface area contributed by atoms with E-state index < -0.39 is 0 Å². The van der Waals surface area contributed by atoms with Crippen LogP contribution in [0.2, 0.25) is 0 Å². The Balaban J connectivity index is 1.43. The van der Waals surface area contributed by atoms with Crippen molar-refractivity contribution in [2.24, 2.45) is 4.99 Å². The molecule has 8 heteroatoms. The van der Waals surface area contributed by atoms with Gasteiger partial charge in [-0.05, 0) is 61.1 Å². The molecule has 0 aliphatic heterocycles. The second kappa shape index (κ2) is 11.2. The first kappa shape index (κ1) is 20.9. The van der Waals surface area contributed by atoms with Gasteiger partial charge in [0.15, 0.2) is 5.96 Å². The van der Waals surface area contributed by atoms with Crippen LogP contribution in [0.3, 0.4) is 0 Å². The van der Waals surface area contributed by atoms with Gasteiger partial charge in [-0.25, -0.2) is 19.0 Å². The molecule has 6 nitrogen and oxygen atoms in total. The van der Waals surface area contributed by atoms with E-state index in [0.29, 0.717) is 6.54 Å². The van der Waals surface area contributed by atoms with Crippen molar-refractivity contribution < 1.29 is 4.39 Å². The molecule has 152 valence electrons. The monoisotopic (exact) mass is 412 g/mol. The molecule has 1 heterocycles. The van der Waals surface area contributed by atoms with E-state index in [4.69, 9.17) is 0 Å². The van der Waals surface area contributed by atoms with Gasteiger partial charge in [0.05, 0.1) is 12.2 Å². The molecule has 3 rings (SSSR count). The van der Waals surface area contributed by atoms with E-state index in [1.807, 2.05) is 36.4 Å². The van der Waals surface area contributed by atoms with Crippen LogP contribution in [0.25, 0.3) is 5.69 Å². The normalized spacial score (nSPS) is 11.4. The molecule has 2 aromatic carbocycles. The summed E-state index contributed by atoms with van der Waals surface area (Å²) in [6.07, 6.45) is 4.18. The van der Waals surface area contributed by atoms with Crippen LogP contribution in [0.5, 0.6) is 0 Å². The highest BCUT2D eigenvalue weighted by Crippen LogP contribution is 2.18. The molecule has 0 aliphatic rings. The third kappa shape index (κ3) is 6.90. The van der Waals surface area contributed by atoms with Crippen LogP contribution in [0.15, 0.2) is 71.1 Å². The van der Waals surface area contributed by atoms with Gasteiger partial charge >= 0.3 is 0 Å². The van der Waals surface area contributed by atoms with Crippen molar-refractivity contribution in [2.45, 2.75) is 24.8 Å². The van der Waals surface area contributed by atoms with Gasteiger partial charge < -0.3 is 10.6 Å². The van der Waals surface area contributed by atoms with E-state index in [2.05, 4.69) is 32.6 Å². The number of benzene rings is 2. The van der Waals surface area contributed by atoms with Gasteiger partial charge in [-0.3, -0.25) is 0 Å². The lowest BCUT2D eigenvalue weighted by Gasteiger charge is -2.11. The van der Waals surface area contributed by atoms with E-state index in [1.165, 1.54) is 18.5 Å². The van der Waals surface area contributed by atoms with Crippen molar-refractivity contribution in [3.8, 4) is 5.69 Å². The topological polar surface area (TPSA) is 67.1 Å². The van der Waals surface area contributed by atoms with Gasteiger partial charge in [-0.2, -0.15) is 5.10 Å². The Labute approximate surface area is 174 Å². The summed E-state index contributed by atoms with van der Waals surface area (Å²) in [6, 6.07) is 14.7. The minimum Gasteiger partial charge on any atom is -0.357 e. The lowest BCUT2D eigenvalue weighted by Crippen LogP contribution is -2.37. The Morgan fingerprint density at radius 2 is 1.90 bits per heavy atom. The van der Waals surface area contributed by atoms with E-state index >= 15 is 0 Å². The van der Waals surface area contributed by atoms with Crippen LogP contribution in [0.1, 0.15) is 18.9 Å². The number of rotatable bonds is 9. The quantitative estimate of drug-likeness (QED) is 0.243. The second-order valence-corrected chi connectivity index (χ2v) is 7.45. The maximum Gasteiger partial charge on any atom is 0.191 e. The van der Waals surface area contributed by atoms with E-state index in [-0.39, 0.29) is 5.82 Å². The number of aromatic nitrogens is 3. The molecular formula is C21H25FN6S. The van der Waals surface area contributed by atoms with Crippen LogP contribution in [-0.4, -0.2) is 39.6 Å². The van der Waals surface area contributed by atoms with Crippen LogP contribution < -0.4 is 10.6 Å². The molecule has 0 spiro atoms. The molecule has 0 radical (unpaired) electrons. The van der Waals surface area contributed by atoms with Crippen molar-refractivity contribution in [1.82, 2.24) is 25.4 Å². The van der Waals surface area contributed by atoms with Crippen molar-refractivity contribution >= 4 is 17.7 Å². The highest BCUT2D eigenvalue weighted by molar-refractivity contribution is 7.99. The smallest absolute Gasteiger partial charge is 0.191 e. The molecule has 0 fully saturated rings. The SMILES string of the molecule is CCNC(=NCc1ccc(-n2cncn2)cc1)NCCCSc1ccc(F)cc1. The van der Waals surface area contributed by atoms with Gasteiger partial charge in [-0.15, -0.1) is 11.8 Å². The lowest BCUT2D eigenvalue weighted by atomic mass is 10.2. The molecule has 3 aromatic rings. The largest absolute Gasteiger partial charge is 0.357 e. The Bertz CT molecular complexity index is 879. The van der Waals surface area contributed by atoms with Gasteiger partial charge in [-0.1, -0.05) is 12.1 Å². The minimum absolute atomic E-state index is 0.199. The Morgan fingerprint density at radius 3 is 2.59 bits per heavy atom.